The van der Waals surface area contributed by atoms with Crippen LogP contribution in [0.4, 0.5) is 0 Å². The highest BCUT2D eigenvalue weighted by molar-refractivity contribution is 7.91. The van der Waals surface area contributed by atoms with Gasteiger partial charge in [0.2, 0.25) is 5.91 Å². The van der Waals surface area contributed by atoms with Gasteiger partial charge < -0.3 is 9.32 Å². The highest BCUT2D eigenvalue weighted by Gasteiger charge is 2.32. The summed E-state index contributed by atoms with van der Waals surface area (Å²) in [4.78, 5) is 14.5. The van der Waals surface area contributed by atoms with Gasteiger partial charge in [-0.05, 0) is 32.3 Å². The largest absolute Gasteiger partial charge is 0.466 e. The molecule has 2 aromatic heterocycles. The normalized spacial score (nSPS) is 21.8. The van der Waals surface area contributed by atoms with Gasteiger partial charge >= 0.3 is 0 Å². The van der Waals surface area contributed by atoms with Gasteiger partial charge in [-0.2, -0.15) is 5.10 Å². The van der Waals surface area contributed by atoms with E-state index in [-0.39, 0.29) is 23.3 Å². The summed E-state index contributed by atoms with van der Waals surface area (Å²) in [5, 5.41) is 7.55. The first-order chi connectivity index (χ1) is 12.3. The van der Waals surface area contributed by atoms with E-state index < -0.39 is 9.84 Å². The third-order valence-electron chi connectivity index (χ3n) is 5.37. The van der Waals surface area contributed by atoms with Gasteiger partial charge in [0.15, 0.2) is 9.84 Å². The van der Waals surface area contributed by atoms with Crippen LogP contribution in [0.15, 0.2) is 10.5 Å². The number of nitrogens with zero attached hydrogens (tertiary/aromatic N) is 2. The average molecular weight is 377 g/mol. The van der Waals surface area contributed by atoms with Crippen molar-refractivity contribution < 1.29 is 17.6 Å². The van der Waals surface area contributed by atoms with Gasteiger partial charge in [0.05, 0.1) is 11.5 Å². The van der Waals surface area contributed by atoms with Crippen molar-refractivity contribution >= 4 is 15.7 Å². The number of fused-ring (bicyclic) bond motifs is 1. The lowest BCUT2D eigenvalue weighted by Crippen LogP contribution is -2.37. The second kappa shape index (κ2) is 6.26. The molecule has 2 aliphatic heterocycles. The number of aromatic amines is 1. The van der Waals surface area contributed by atoms with Gasteiger partial charge in [-0.15, -0.1) is 0 Å². The molecule has 1 N–H and O–H groups in total. The molecule has 0 saturated carbocycles. The summed E-state index contributed by atoms with van der Waals surface area (Å²) in [7, 11) is -2.95. The number of rotatable bonds is 3. The molecule has 0 aromatic carbocycles. The van der Waals surface area contributed by atoms with Crippen molar-refractivity contribution in [3.63, 3.8) is 0 Å². The topological polar surface area (TPSA) is 96.3 Å². The van der Waals surface area contributed by atoms with Crippen LogP contribution in [0.3, 0.4) is 0 Å². The van der Waals surface area contributed by atoms with Crippen LogP contribution in [-0.2, 0) is 27.6 Å². The lowest BCUT2D eigenvalue weighted by molar-refractivity contribution is -0.132. The molecule has 0 radical (unpaired) electrons. The highest BCUT2D eigenvalue weighted by Crippen LogP contribution is 2.32. The van der Waals surface area contributed by atoms with Crippen molar-refractivity contribution in [2.24, 2.45) is 5.92 Å². The maximum Gasteiger partial charge on any atom is 0.223 e. The number of nitrogens with one attached hydrogen (secondary N) is 1. The maximum absolute atomic E-state index is 12.7. The molecule has 2 aromatic rings. The Balaban J connectivity index is 1.51. The fraction of sp³-hybridized carbons (Fsp3) is 0.556. The molecule has 1 saturated heterocycles. The van der Waals surface area contributed by atoms with Crippen molar-refractivity contribution in [2.45, 2.75) is 39.7 Å². The number of carbonyl (C=O) groups is 1. The van der Waals surface area contributed by atoms with Crippen molar-refractivity contribution in [1.29, 1.82) is 0 Å². The van der Waals surface area contributed by atoms with Crippen molar-refractivity contribution in [2.75, 3.05) is 18.1 Å². The van der Waals surface area contributed by atoms with E-state index in [2.05, 4.69) is 10.2 Å². The number of aromatic nitrogens is 2. The zero-order valence-electron chi connectivity index (χ0n) is 15.0. The minimum Gasteiger partial charge on any atom is -0.466 e. The highest BCUT2D eigenvalue weighted by atomic mass is 32.2. The van der Waals surface area contributed by atoms with E-state index >= 15 is 0 Å². The molecule has 26 heavy (non-hydrogen) atoms. The maximum atomic E-state index is 12.7. The van der Waals surface area contributed by atoms with Crippen LogP contribution in [0.25, 0.3) is 11.3 Å². The Labute approximate surface area is 152 Å². The summed E-state index contributed by atoms with van der Waals surface area (Å²) >= 11 is 0. The Morgan fingerprint density at radius 2 is 2.23 bits per heavy atom. The van der Waals surface area contributed by atoms with E-state index in [1.807, 2.05) is 24.8 Å². The predicted octanol–water partition coefficient (Wildman–Crippen LogP) is 2.00. The van der Waals surface area contributed by atoms with Crippen LogP contribution in [0.2, 0.25) is 0 Å². The molecule has 2 aliphatic rings. The fourth-order valence-electron chi connectivity index (χ4n) is 4.01. The van der Waals surface area contributed by atoms with Crippen molar-refractivity contribution in [3.8, 4) is 11.3 Å². The zero-order chi connectivity index (χ0) is 18.5. The molecule has 0 bridgehead atoms. The van der Waals surface area contributed by atoms with E-state index in [0.29, 0.717) is 25.9 Å². The van der Waals surface area contributed by atoms with Gasteiger partial charge in [-0.3, -0.25) is 9.89 Å². The summed E-state index contributed by atoms with van der Waals surface area (Å²) in [6, 6.07) is 1.97. The molecule has 0 spiro atoms. The number of carbonyl (C=O) groups excluding carboxylic acids is 1. The molecule has 4 rings (SSSR count). The smallest absolute Gasteiger partial charge is 0.223 e. The Kier molecular flexibility index (Phi) is 4.17. The van der Waals surface area contributed by atoms with Crippen LogP contribution in [-0.4, -0.2) is 47.5 Å². The zero-order valence-corrected chi connectivity index (χ0v) is 15.9. The Hall–Kier alpha value is -2.09. The number of amides is 1. The molecule has 1 atom stereocenters. The van der Waals surface area contributed by atoms with Crippen LogP contribution in [0.1, 0.15) is 35.6 Å². The van der Waals surface area contributed by atoms with E-state index in [1.165, 1.54) is 0 Å². The predicted molar refractivity (Wildman–Crippen MR) is 96.3 cm³/mol. The standard InChI is InChI=1S/C18H23N3O4S/c1-11-7-14(12(2)25-11)18-15-9-21(5-3-16(15)19-20-18)17(22)8-13-4-6-26(23,24)10-13/h7,13H,3-6,8-10H2,1-2H3,(H,19,20). The van der Waals surface area contributed by atoms with E-state index in [0.717, 1.165) is 40.5 Å². The SMILES string of the molecule is Cc1cc(-c2n[nH]c3c2CN(C(=O)CC2CCS(=O)(=O)C2)CC3)c(C)o1. The minimum atomic E-state index is -2.95. The average Bonchev–Trinajstić information content (AvgIpc) is 3.23. The fourth-order valence-corrected chi connectivity index (χ4v) is 5.87. The summed E-state index contributed by atoms with van der Waals surface area (Å²) in [5.41, 5.74) is 3.89. The van der Waals surface area contributed by atoms with Crippen molar-refractivity contribution in [1.82, 2.24) is 15.1 Å². The summed E-state index contributed by atoms with van der Waals surface area (Å²) < 4.78 is 28.9. The Bertz CT molecular complexity index is 957. The third kappa shape index (κ3) is 3.18. The Morgan fingerprint density at radius 1 is 1.42 bits per heavy atom. The second-order valence-corrected chi connectivity index (χ2v) is 9.62. The van der Waals surface area contributed by atoms with E-state index in [1.54, 1.807) is 0 Å². The number of H-pyrrole nitrogens is 1. The lowest BCUT2D eigenvalue weighted by atomic mass is 9.99. The molecule has 1 amide bonds. The van der Waals surface area contributed by atoms with Crippen molar-refractivity contribution in [3.05, 3.63) is 28.8 Å². The summed E-state index contributed by atoms with van der Waals surface area (Å²) in [6.45, 7) is 4.95. The first kappa shape index (κ1) is 17.3. The molecule has 1 fully saturated rings. The molecule has 0 aliphatic carbocycles. The van der Waals surface area contributed by atoms with Gasteiger partial charge in [-0.1, -0.05) is 0 Å². The number of sulfone groups is 1. The van der Waals surface area contributed by atoms with Crippen LogP contribution in [0.5, 0.6) is 0 Å². The number of hydrogen-bond acceptors (Lipinski definition) is 5. The molecule has 7 nitrogen and oxygen atoms in total. The van der Waals surface area contributed by atoms with E-state index in [9.17, 15) is 13.2 Å². The van der Waals surface area contributed by atoms with E-state index in [4.69, 9.17) is 4.42 Å². The molecular formula is C18H23N3O4S. The summed E-state index contributed by atoms with van der Waals surface area (Å²) in [6.07, 6.45) is 1.64. The van der Waals surface area contributed by atoms with Gasteiger partial charge in [0.1, 0.15) is 17.2 Å². The van der Waals surface area contributed by atoms with Gasteiger partial charge in [-0.25, -0.2) is 8.42 Å². The van der Waals surface area contributed by atoms with Crippen LogP contribution < -0.4 is 0 Å². The van der Waals surface area contributed by atoms with Gasteiger partial charge in [0, 0.05) is 42.8 Å². The van der Waals surface area contributed by atoms with Gasteiger partial charge in [0.25, 0.3) is 0 Å². The number of furan rings is 1. The second-order valence-electron chi connectivity index (χ2n) is 7.39. The summed E-state index contributed by atoms with van der Waals surface area (Å²) in [5.74, 6) is 1.99. The number of aryl methyl sites for hydroxylation is 2. The minimum absolute atomic E-state index is 0.0324. The molecule has 8 heteroatoms. The molecular weight excluding hydrogens is 354 g/mol. The first-order valence-corrected chi connectivity index (χ1v) is 10.8. The monoisotopic (exact) mass is 377 g/mol. The lowest BCUT2D eigenvalue weighted by Gasteiger charge is -2.28. The quantitative estimate of drug-likeness (QED) is 0.882. The van der Waals surface area contributed by atoms with Crippen LogP contribution in [0, 0.1) is 19.8 Å². The Morgan fingerprint density at radius 3 is 2.88 bits per heavy atom. The first-order valence-electron chi connectivity index (χ1n) is 8.94. The third-order valence-corrected chi connectivity index (χ3v) is 7.21. The molecule has 140 valence electrons. The molecule has 4 heterocycles. The molecule has 1 unspecified atom stereocenters. The number of hydrogen-bond donors (Lipinski definition) is 1. The van der Waals surface area contributed by atoms with Crippen LogP contribution >= 0.6 is 0 Å².